The molecule has 0 saturated heterocycles. The molecule has 0 amide bonds. The van der Waals surface area contributed by atoms with Crippen LogP contribution < -0.4 is 4.74 Å². The fourth-order valence-electron chi connectivity index (χ4n) is 3.26. The molecule has 0 aliphatic carbocycles. The lowest BCUT2D eigenvalue weighted by atomic mass is 9.88. The molecule has 1 heterocycles. The SMILES string of the molecule is O=C(Cc1ccc(C(=O)O)cc1)C[C@@H](c1ccc(OC(F)(F)F)c(F)c1)c1ncccc1F. The maximum Gasteiger partial charge on any atom is 0.573 e. The van der Waals surface area contributed by atoms with Gasteiger partial charge in [-0.1, -0.05) is 18.2 Å². The predicted octanol–water partition coefficient (Wildman–Crippen LogP) is 5.29. The number of carboxylic acid groups (broad SMARTS) is 1. The van der Waals surface area contributed by atoms with E-state index in [9.17, 15) is 31.5 Å². The molecule has 3 aromatic rings. The highest BCUT2D eigenvalue weighted by Gasteiger charge is 2.33. The fourth-order valence-corrected chi connectivity index (χ4v) is 3.26. The Morgan fingerprint density at radius 1 is 1.00 bits per heavy atom. The van der Waals surface area contributed by atoms with Crippen LogP contribution in [0.3, 0.4) is 0 Å². The van der Waals surface area contributed by atoms with E-state index >= 15 is 0 Å². The van der Waals surface area contributed by atoms with E-state index in [4.69, 9.17) is 5.11 Å². The van der Waals surface area contributed by atoms with Crippen LogP contribution in [0.15, 0.2) is 60.8 Å². The van der Waals surface area contributed by atoms with E-state index in [0.717, 1.165) is 24.3 Å². The van der Waals surface area contributed by atoms with Crippen molar-refractivity contribution in [3.63, 3.8) is 0 Å². The van der Waals surface area contributed by atoms with Gasteiger partial charge in [-0.15, -0.1) is 13.2 Å². The second-order valence-corrected chi connectivity index (χ2v) is 7.08. The molecule has 0 saturated carbocycles. The lowest BCUT2D eigenvalue weighted by Gasteiger charge is -2.18. The van der Waals surface area contributed by atoms with Crippen LogP contribution in [-0.2, 0) is 11.2 Å². The van der Waals surface area contributed by atoms with Gasteiger partial charge in [0.15, 0.2) is 11.6 Å². The Bertz CT molecular complexity index is 1160. The number of ketones is 1. The Morgan fingerprint density at radius 3 is 2.27 bits per heavy atom. The quantitative estimate of drug-likeness (QED) is 0.458. The van der Waals surface area contributed by atoms with Crippen molar-refractivity contribution in [3.05, 3.63) is 94.8 Å². The summed E-state index contributed by atoms with van der Waals surface area (Å²) < 4.78 is 69.6. The number of nitrogens with zero attached hydrogens (tertiary/aromatic N) is 1. The molecule has 2 aromatic carbocycles. The van der Waals surface area contributed by atoms with Crippen molar-refractivity contribution in [2.45, 2.75) is 25.1 Å². The topological polar surface area (TPSA) is 76.5 Å². The zero-order chi connectivity index (χ0) is 24.2. The van der Waals surface area contributed by atoms with Crippen LogP contribution in [-0.4, -0.2) is 28.2 Å². The maximum absolute atomic E-state index is 14.4. The molecule has 0 radical (unpaired) electrons. The first-order valence-electron chi connectivity index (χ1n) is 9.53. The number of aromatic carboxylic acids is 1. The van der Waals surface area contributed by atoms with Crippen molar-refractivity contribution >= 4 is 11.8 Å². The number of carboxylic acids is 1. The molecular weight excluding hydrogens is 449 g/mol. The molecule has 0 aliphatic heterocycles. The summed E-state index contributed by atoms with van der Waals surface area (Å²) in [6.45, 7) is 0. The summed E-state index contributed by atoms with van der Waals surface area (Å²) in [6.07, 6.45) is -4.27. The van der Waals surface area contributed by atoms with E-state index in [1.165, 1.54) is 36.5 Å². The van der Waals surface area contributed by atoms with Crippen molar-refractivity contribution in [3.8, 4) is 5.75 Å². The number of carbonyl (C=O) groups excluding carboxylic acids is 1. The minimum atomic E-state index is -5.10. The average Bonchev–Trinajstić information content (AvgIpc) is 2.73. The average molecular weight is 465 g/mol. The first kappa shape index (κ1) is 23.8. The monoisotopic (exact) mass is 465 g/mol. The van der Waals surface area contributed by atoms with Crippen LogP contribution in [0.4, 0.5) is 22.0 Å². The van der Waals surface area contributed by atoms with Crippen molar-refractivity contribution in [1.82, 2.24) is 4.98 Å². The fraction of sp³-hybridized carbons (Fsp3) is 0.174. The normalized spacial score (nSPS) is 12.3. The van der Waals surface area contributed by atoms with Crippen molar-refractivity contribution in [1.29, 1.82) is 0 Å². The molecule has 33 heavy (non-hydrogen) atoms. The van der Waals surface area contributed by atoms with E-state index in [-0.39, 0.29) is 29.7 Å². The molecule has 0 bridgehead atoms. The third-order valence-electron chi connectivity index (χ3n) is 4.73. The Kier molecular flexibility index (Phi) is 7.05. The molecular formula is C23H16F5NO4. The molecule has 5 nitrogen and oxygen atoms in total. The number of rotatable bonds is 8. The number of hydrogen-bond donors (Lipinski definition) is 1. The van der Waals surface area contributed by atoms with Crippen molar-refractivity contribution < 1.29 is 41.4 Å². The number of aromatic nitrogens is 1. The summed E-state index contributed by atoms with van der Waals surface area (Å²) in [5.74, 6) is -5.76. The van der Waals surface area contributed by atoms with Gasteiger partial charge >= 0.3 is 12.3 Å². The van der Waals surface area contributed by atoms with Crippen LogP contribution in [0.5, 0.6) is 5.75 Å². The first-order valence-corrected chi connectivity index (χ1v) is 9.53. The van der Waals surface area contributed by atoms with Crippen LogP contribution >= 0.6 is 0 Å². The molecule has 0 fully saturated rings. The Hall–Kier alpha value is -3.82. The Morgan fingerprint density at radius 2 is 1.70 bits per heavy atom. The van der Waals surface area contributed by atoms with Gasteiger partial charge in [0.05, 0.1) is 11.3 Å². The third kappa shape index (κ3) is 6.34. The van der Waals surface area contributed by atoms with E-state index in [0.29, 0.717) is 5.56 Å². The van der Waals surface area contributed by atoms with Gasteiger partial charge < -0.3 is 9.84 Å². The zero-order valence-electron chi connectivity index (χ0n) is 16.8. The number of hydrogen-bond acceptors (Lipinski definition) is 4. The van der Waals surface area contributed by atoms with E-state index < -0.39 is 41.4 Å². The number of Topliss-reactive ketones (excluding diaryl/α,β-unsaturated/α-hetero) is 1. The number of ether oxygens (including phenoxy) is 1. The third-order valence-corrected chi connectivity index (χ3v) is 4.73. The van der Waals surface area contributed by atoms with E-state index in [1.807, 2.05) is 0 Å². The zero-order valence-corrected chi connectivity index (χ0v) is 16.8. The van der Waals surface area contributed by atoms with Gasteiger partial charge in [-0.05, 0) is 47.5 Å². The summed E-state index contributed by atoms with van der Waals surface area (Å²) in [6, 6.07) is 10.6. The molecule has 0 spiro atoms. The molecule has 10 heteroatoms. The number of benzene rings is 2. The Balaban J connectivity index is 1.88. The van der Waals surface area contributed by atoms with Crippen molar-refractivity contribution in [2.75, 3.05) is 0 Å². The van der Waals surface area contributed by atoms with Gasteiger partial charge in [-0.2, -0.15) is 0 Å². The summed E-state index contributed by atoms with van der Waals surface area (Å²) in [5.41, 5.74) is 0.409. The van der Waals surface area contributed by atoms with Gasteiger partial charge in [-0.3, -0.25) is 9.78 Å². The van der Waals surface area contributed by atoms with Gasteiger partial charge in [0.1, 0.15) is 11.6 Å². The molecule has 172 valence electrons. The summed E-state index contributed by atoms with van der Waals surface area (Å²) >= 11 is 0. The largest absolute Gasteiger partial charge is 0.573 e. The summed E-state index contributed by atoms with van der Waals surface area (Å²) in [7, 11) is 0. The lowest BCUT2D eigenvalue weighted by molar-refractivity contribution is -0.275. The minimum Gasteiger partial charge on any atom is -0.478 e. The summed E-state index contributed by atoms with van der Waals surface area (Å²) in [5, 5.41) is 8.95. The molecule has 0 aliphatic rings. The number of alkyl halides is 3. The van der Waals surface area contributed by atoms with Crippen LogP contribution in [0.2, 0.25) is 0 Å². The van der Waals surface area contributed by atoms with Gasteiger partial charge in [0.2, 0.25) is 0 Å². The minimum absolute atomic E-state index is 0.0363. The number of halogens is 5. The standard InChI is InChI=1S/C23H16F5NO4/c24-18-2-1-9-29-21(18)17(15-7-8-20(19(25)11-15)33-23(26,27)28)12-16(30)10-13-3-5-14(6-4-13)22(31)32/h1-9,11,17H,10,12H2,(H,31,32)/t17-/m0/s1. The second-order valence-electron chi connectivity index (χ2n) is 7.08. The Labute approximate surface area is 184 Å². The van der Waals surface area contributed by atoms with Gasteiger partial charge in [0, 0.05) is 25.0 Å². The van der Waals surface area contributed by atoms with E-state index in [2.05, 4.69) is 9.72 Å². The second kappa shape index (κ2) is 9.76. The molecule has 1 N–H and O–H groups in total. The first-order chi connectivity index (χ1) is 15.5. The highest BCUT2D eigenvalue weighted by Crippen LogP contribution is 2.33. The van der Waals surface area contributed by atoms with E-state index in [1.54, 1.807) is 0 Å². The molecule has 1 atom stereocenters. The smallest absolute Gasteiger partial charge is 0.478 e. The van der Waals surface area contributed by atoms with Crippen LogP contribution in [0, 0.1) is 11.6 Å². The highest BCUT2D eigenvalue weighted by molar-refractivity contribution is 5.88. The van der Waals surface area contributed by atoms with Gasteiger partial charge in [0.25, 0.3) is 0 Å². The van der Waals surface area contributed by atoms with Gasteiger partial charge in [-0.25, -0.2) is 13.6 Å². The molecule has 3 rings (SSSR count). The maximum atomic E-state index is 14.4. The number of carbonyl (C=O) groups is 2. The van der Waals surface area contributed by atoms with Crippen molar-refractivity contribution in [2.24, 2.45) is 0 Å². The van der Waals surface area contributed by atoms with Crippen LogP contribution in [0.1, 0.15) is 39.5 Å². The lowest BCUT2D eigenvalue weighted by Crippen LogP contribution is -2.18. The number of pyridine rings is 1. The predicted molar refractivity (Wildman–Crippen MR) is 106 cm³/mol. The molecule has 1 aromatic heterocycles. The molecule has 0 unspecified atom stereocenters. The summed E-state index contributed by atoms with van der Waals surface area (Å²) in [4.78, 5) is 27.6. The highest BCUT2D eigenvalue weighted by atomic mass is 19.4. The van der Waals surface area contributed by atoms with Crippen LogP contribution in [0.25, 0.3) is 0 Å².